The van der Waals surface area contributed by atoms with Crippen molar-refractivity contribution in [2.45, 2.75) is 6.92 Å². The molecule has 0 unspecified atom stereocenters. The Hall–Kier alpha value is -2.30. The van der Waals surface area contributed by atoms with Gasteiger partial charge in [-0.3, -0.25) is 4.79 Å². The Morgan fingerprint density at radius 2 is 2.00 bits per heavy atom. The lowest BCUT2D eigenvalue weighted by Gasteiger charge is -2.05. The quantitative estimate of drug-likeness (QED) is 0.887. The van der Waals surface area contributed by atoms with E-state index < -0.39 is 17.5 Å². The fourth-order valence-corrected chi connectivity index (χ4v) is 1.40. The summed E-state index contributed by atoms with van der Waals surface area (Å²) in [5.41, 5.74) is 0.722. The molecule has 1 aromatic carbocycles. The maximum absolute atomic E-state index is 13.3. The monoisotopic (exact) mass is 248 g/mol. The number of benzene rings is 1. The first-order valence-electron chi connectivity index (χ1n) is 5.25. The van der Waals surface area contributed by atoms with Crippen molar-refractivity contribution in [3.63, 3.8) is 0 Å². The van der Waals surface area contributed by atoms with E-state index in [4.69, 9.17) is 0 Å². The van der Waals surface area contributed by atoms with Crippen molar-refractivity contribution < 1.29 is 13.6 Å². The zero-order valence-corrected chi connectivity index (χ0v) is 9.58. The van der Waals surface area contributed by atoms with Gasteiger partial charge in [-0.05, 0) is 30.7 Å². The largest absolute Gasteiger partial charge is 0.306 e. The number of nitrogens with one attached hydrogen (secondary N) is 1. The summed E-state index contributed by atoms with van der Waals surface area (Å²) in [6.07, 6.45) is 1.58. The molecule has 2 aromatic rings. The van der Waals surface area contributed by atoms with Gasteiger partial charge in [0.2, 0.25) is 0 Å². The van der Waals surface area contributed by atoms with Gasteiger partial charge >= 0.3 is 0 Å². The second-order valence-corrected chi connectivity index (χ2v) is 3.80. The molecule has 0 spiro atoms. The van der Waals surface area contributed by atoms with Gasteiger partial charge < -0.3 is 5.32 Å². The van der Waals surface area contributed by atoms with E-state index in [-0.39, 0.29) is 5.56 Å². The number of amides is 1. The number of carbonyl (C=O) groups is 1. The predicted molar refractivity (Wildman–Crippen MR) is 63.3 cm³/mol. The minimum Gasteiger partial charge on any atom is -0.306 e. The number of halogens is 2. The summed E-state index contributed by atoms with van der Waals surface area (Å²) < 4.78 is 26.0. The van der Waals surface area contributed by atoms with Gasteiger partial charge in [-0.15, -0.1) is 0 Å². The van der Waals surface area contributed by atoms with Gasteiger partial charge in [-0.25, -0.2) is 13.8 Å². The molecule has 5 heteroatoms. The first kappa shape index (κ1) is 12.2. The Bertz CT molecular complexity index is 582. The number of rotatable bonds is 2. The normalized spacial score (nSPS) is 10.2. The summed E-state index contributed by atoms with van der Waals surface area (Å²) >= 11 is 0. The molecule has 3 nitrogen and oxygen atoms in total. The lowest BCUT2D eigenvalue weighted by atomic mass is 10.2. The zero-order chi connectivity index (χ0) is 13.1. The fraction of sp³-hybridized carbons (Fsp3) is 0.0769. The van der Waals surface area contributed by atoms with Crippen LogP contribution in [0.3, 0.4) is 0 Å². The maximum Gasteiger partial charge on any atom is 0.259 e. The van der Waals surface area contributed by atoms with Gasteiger partial charge in [0.1, 0.15) is 17.5 Å². The van der Waals surface area contributed by atoms with Crippen molar-refractivity contribution in [2.75, 3.05) is 5.32 Å². The molecule has 18 heavy (non-hydrogen) atoms. The first-order chi connectivity index (χ1) is 8.56. The Morgan fingerprint density at radius 1 is 1.22 bits per heavy atom. The van der Waals surface area contributed by atoms with Crippen molar-refractivity contribution in [3.05, 3.63) is 59.3 Å². The molecule has 1 amide bonds. The average molecular weight is 248 g/mol. The van der Waals surface area contributed by atoms with Crippen LogP contribution < -0.4 is 5.32 Å². The van der Waals surface area contributed by atoms with Crippen LogP contribution in [-0.4, -0.2) is 10.9 Å². The highest BCUT2D eigenvalue weighted by molar-refractivity contribution is 6.03. The van der Waals surface area contributed by atoms with Gasteiger partial charge in [0.05, 0.1) is 5.56 Å². The van der Waals surface area contributed by atoms with Crippen LogP contribution in [0.4, 0.5) is 14.6 Å². The summed E-state index contributed by atoms with van der Waals surface area (Å²) in [6, 6.07) is 6.16. The molecule has 0 aliphatic heterocycles. The SMILES string of the molecule is Cc1ccc(NC(=O)c2ccc(F)cc2F)nc1. The molecule has 0 bridgehead atoms. The first-order valence-corrected chi connectivity index (χ1v) is 5.25. The van der Waals surface area contributed by atoms with Crippen LogP contribution in [0.5, 0.6) is 0 Å². The zero-order valence-electron chi connectivity index (χ0n) is 9.58. The molecule has 2 rings (SSSR count). The van der Waals surface area contributed by atoms with Crippen LogP contribution in [0.2, 0.25) is 0 Å². The summed E-state index contributed by atoms with van der Waals surface area (Å²) in [4.78, 5) is 15.7. The van der Waals surface area contributed by atoms with Crippen LogP contribution in [0.25, 0.3) is 0 Å². The van der Waals surface area contributed by atoms with Crippen LogP contribution in [0.1, 0.15) is 15.9 Å². The van der Waals surface area contributed by atoms with Crippen molar-refractivity contribution >= 4 is 11.7 Å². The average Bonchev–Trinajstić information content (AvgIpc) is 2.32. The van der Waals surface area contributed by atoms with E-state index in [2.05, 4.69) is 10.3 Å². The molecule has 1 heterocycles. The van der Waals surface area contributed by atoms with Gasteiger partial charge in [0, 0.05) is 12.3 Å². The molecule has 0 aliphatic carbocycles. The number of carbonyl (C=O) groups excluding carboxylic acids is 1. The molecule has 92 valence electrons. The molecule has 0 atom stereocenters. The molecular weight excluding hydrogens is 238 g/mol. The number of aryl methyl sites for hydroxylation is 1. The van der Waals surface area contributed by atoms with E-state index >= 15 is 0 Å². The van der Waals surface area contributed by atoms with E-state index in [1.165, 1.54) is 0 Å². The third-order valence-corrected chi connectivity index (χ3v) is 2.33. The molecular formula is C13H10F2N2O. The van der Waals surface area contributed by atoms with Crippen molar-refractivity contribution in [1.82, 2.24) is 4.98 Å². The second-order valence-electron chi connectivity index (χ2n) is 3.80. The lowest BCUT2D eigenvalue weighted by Crippen LogP contribution is -2.14. The number of hydrogen-bond donors (Lipinski definition) is 1. The van der Waals surface area contributed by atoms with E-state index in [0.29, 0.717) is 11.9 Å². The predicted octanol–water partition coefficient (Wildman–Crippen LogP) is 2.92. The van der Waals surface area contributed by atoms with E-state index in [0.717, 1.165) is 17.7 Å². The molecule has 0 fully saturated rings. The smallest absolute Gasteiger partial charge is 0.259 e. The summed E-state index contributed by atoms with van der Waals surface area (Å²) in [7, 11) is 0. The number of hydrogen-bond acceptors (Lipinski definition) is 2. The molecule has 0 saturated carbocycles. The summed E-state index contributed by atoms with van der Waals surface area (Å²) in [5, 5.41) is 2.43. The molecule has 1 N–H and O–H groups in total. The lowest BCUT2D eigenvalue weighted by molar-refractivity contribution is 0.102. The minimum absolute atomic E-state index is 0.223. The molecule has 1 aromatic heterocycles. The number of anilines is 1. The Labute approximate surface area is 102 Å². The van der Waals surface area contributed by atoms with Gasteiger partial charge in [0.15, 0.2) is 0 Å². The Balaban J connectivity index is 2.19. The highest BCUT2D eigenvalue weighted by Crippen LogP contribution is 2.12. The van der Waals surface area contributed by atoms with E-state index in [1.807, 2.05) is 6.92 Å². The number of nitrogens with zero attached hydrogens (tertiary/aromatic N) is 1. The summed E-state index contributed by atoms with van der Waals surface area (Å²) in [5.74, 6) is -1.98. The van der Waals surface area contributed by atoms with Crippen molar-refractivity contribution in [3.8, 4) is 0 Å². The van der Waals surface area contributed by atoms with Crippen molar-refractivity contribution in [1.29, 1.82) is 0 Å². The van der Waals surface area contributed by atoms with E-state index in [1.54, 1.807) is 18.3 Å². The Morgan fingerprint density at radius 3 is 2.61 bits per heavy atom. The van der Waals surface area contributed by atoms with Gasteiger partial charge in [0.25, 0.3) is 5.91 Å². The molecule has 0 saturated heterocycles. The topological polar surface area (TPSA) is 42.0 Å². The Kier molecular flexibility index (Phi) is 3.32. The van der Waals surface area contributed by atoms with Crippen LogP contribution in [0, 0.1) is 18.6 Å². The number of pyridine rings is 1. The van der Waals surface area contributed by atoms with Gasteiger partial charge in [-0.1, -0.05) is 6.07 Å². The van der Waals surface area contributed by atoms with Crippen LogP contribution >= 0.6 is 0 Å². The number of aromatic nitrogens is 1. The fourth-order valence-electron chi connectivity index (χ4n) is 1.40. The van der Waals surface area contributed by atoms with Crippen LogP contribution in [-0.2, 0) is 0 Å². The maximum atomic E-state index is 13.3. The highest BCUT2D eigenvalue weighted by Gasteiger charge is 2.12. The van der Waals surface area contributed by atoms with Crippen molar-refractivity contribution in [2.24, 2.45) is 0 Å². The molecule has 0 radical (unpaired) electrons. The van der Waals surface area contributed by atoms with Gasteiger partial charge in [-0.2, -0.15) is 0 Å². The third-order valence-electron chi connectivity index (χ3n) is 2.33. The minimum atomic E-state index is -0.903. The standard InChI is InChI=1S/C13H10F2N2O/c1-8-2-5-12(16-7-8)17-13(18)10-4-3-9(14)6-11(10)15/h2-7H,1H3,(H,16,17,18). The summed E-state index contributed by atoms with van der Waals surface area (Å²) in [6.45, 7) is 1.86. The second kappa shape index (κ2) is 4.91. The third kappa shape index (κ3) is 2.68. The molecule has 0 aliphatic rings. The van der Waals surface area contributed by atoms with E-state index in [9.17, 15) is 13.6 Å². The highest BCUT2D eigenvalue weighted by atomic mass is 19.1. The van der Waals surface area contributed by atoms with Crippen LogP contribution in [0.15, 0.2) is 36.5 Å².